The Bertz CT molecular complexity index is 84.9. The summed E-state index contributed by atoms with van der Waals surface area (Å²) < 4.78 is 0. The van der Waals surface area contributed by atoms with Gasteiger partial charge in [0.15, 0.2) is 0 Å². The zero-order chi connectivity index (χ0) is 7.40. The standard InChI is InChI=1S/C7H17N3/c8-2-6-1-7(3-9)5-10-4-6/h6-7,10H,1-5,8-9H2. The Balaban J connectivity index is 2.25. The van der Waals surface area contributed by atoms with E-state index in [-0.39, 0.29) is 0 Å². The van der Waals surface area contributed by atoms with Crippen molar-refractivity contribution in [1.82, 2.24) is 5.32 Å². The highest BCUT2D eigenvalue weighted by Gasteiger charge is 2.18. The summed E-state index contributed by atoms with van der Waals surface area (Å²) in [7, 11) is 0. The second-order valence-corrected chi connectivity index (χ2v) is 3.10. The fraction of sp³-hybridized carbons (Fsp3) is 1.00. The van der Waals surface area contributed by atoms with E-state index < -0.39 is 0 Å². The van der Waals surface area contributed by atoms with Crippen LogP contribution in [0.4, 0.5) is 0 Å². The summed E-state index contributed by atoms with van der Waals surface area (Å²) in [5, 5.41) is 3.33. The van der Waals surface area contributed by atoms with Gasteiger partial charge in [0.2, 0.25) is 0 Å². The van der Waals surface area contributed by atoms with Crippen LogP contribution >= 0.6 is 0 Å². The number of nitrogens with two attached hydrogens (primary N) is 2. The molecule has 0 saturated carbocycles. The zero-order valence-electron chi connectivity index (χ0n) is 6.34. The second kappa shape index (κ2) is 3.91. The van der Waals surface area contributed by atoms with Gasteiger partial charge < -0.3 is 16.8 Å². The first-order valence-corrected chi connectivity index (χ1v) is 3.97. The van der Waals surface area contributed by atoms with E-state index in [9.17, 15) is 0 Å². The van der Waals surface area contributed by atoms with Gasteiger partial charge in [-0.1, -0.05) is 0 Å². The molecule has 60 valence electrons. The molecule has 3 heteroatoms. The van der Waals surface area contributed by atoms with Crippen LogP contribution in [-0.2, 0) is 0 Å². The summed E-state index contributed by atoms with van der Waals surface area (Å²) in [6.07, 6.45) is 1.21. The molecule has 0 aromatic rings. The second-order valence-electron chi connectivity index (χ2n) is 3.10. The molecular formula is C7H17N3. The first-order valence-electron chi connectivity index (χ1n) is 3.97. The van der Waals surface area contributed by atoms with Crippen molar-refractivity contribution in [3.8, 4) is 0 Å². The fourth-order valence-corrected chi connectivity index (χ4v) is 1.49. The molecule has 0 aliphatic carbocycles. The van der Waals surface area contributed by atoms with Crippen LogP contribution in [0.25, 0.3) is 0 Å². The van der Waals surface area contributed by atoms with Gasteiger partial charge in [0, 0.05) is 0 Å². The van der Waals surface area contributed by atoms with E-state index >= 15 is 0 Å². The van der Waals surface area contributed by atoms with Crippen LogP contribution in [0.3, 0.4) is 0 Å². The summed E-state index contributed by atoms with van der Waals surface area (Å²) in [5.74, 6) is 1.31. The maximum Gasteiger partial charge on any atom is -0.000822 e. The molecule has 1 fully saturated rings. The van der Waals surface area contributed by atoms with Gasteiger partial charge in [-0.25, -0.2) is 0 Å². The predicted molar refractivity (Wildman–Crippen MR) is 42.6 cm³/mol. The Hall–Kier alpha value is -0.120. The average Bonchev–Trinajstić information content (AvgIpc) is 2.05. The molecule has 2 unspecified atom stereocenters. The van der Waals surface area contributed by atoms with Crippen LogP contribution in [0.2, 0.25) is 0 Å². The van der Waals surface area contributed by atoms with Crippen LogP contribution in [0.5, 0.6) is 0 Å². The molecular weight excluding hydrogens is 126 g/mol. The van der Waals surface area contributed by atoms with Gasteiger partial charge in [0.05, 0.1) is 0 Å². The average molecular weight is 143 g/mol. The fourth-order valence-electron chi connectivity index (χ4n) is 1.49. The van der Waals surface area contributed by atoms with Gasteiger partial charge >= 0.3 is 0 Å². The van der Waals surface area contributed by atoms with E-state index in [1.54, 1.807) is 0 Å². The van der Waals surface area contributed by atoms with Crippen LogP contribution in [0, 0.1) is 11.8 Å². The monoisotopic (exact) mass is 143 g/mol. The summed E-state index contributed by atoms with van der Waals surface area (Å²) in [6, 6.07) is 0. The lowest BCUT2D eigenvalue weighted by atomic mass is 9.91. The smallest absolute Gasteiger partial charge is 0.000822 e. The molecule has 0 bridgehead atoms. The van der Waals surface area contributed by atoms with Gasteiger partial charge in [-0.3, -0.25) is 0 Å². The minimum Gasteiger partial charge on any atom is -0.330 e. The molecule has 1 aliphatic heterocycles. The highest BCUT2D eigenvalue weighted by molar-refractivity contribution is 4.76. The molecule has 1 saturated heterocycles. The van der Waals surface area contributed by atoms with Gasteiger partial charge in [-0.2, -0.15) is 0 Å². The van der Waals surface area contributed by atoms with Crippen molar-refractivity contribution in [3.05, 3.63) is 0 Å². The molecule has 3 nitrogen and oxygen atoms in total. The molecule has 0 spiro atoms. The highest BCUT2D eigenvalue weighted by atomic mass is 14.9. The summed E-state index contributed by atoms with van der Waals surface area (Å²) in [6.45, 7) is 3.74. The van der Waals surface area contributed by atoms with E-state index in [1.165, 1.54) is 6.42 Å². The quantitative estimate of drug-likeness (QED) is 0.471. The largest absolute Gasteiger partial charge is 0.330 e. The van der Waals surface area contributed by atoms with Crippen LogP contribution in [-0.4, -0.2) is 26.2 Å². The first-order chi connectivity index (χ1) is 4.86. The SMILES string of the molecule is NCC1CNCC(CN)C1. The third-order valence-electron chi connectivity index (χ3n) is 2.20. The minimum absolute atomic E-state index is 0.655. The van der Waals surface area contributed by atoms with Crippen molar-refractivity contribution < 1.29 is 0 Å². The van der Waals surface area contributed by atoms with Crippen molar-refractivity contribution >= 4 is 0 Å². The van der Waals surface area contributed by atoms with E-state index in [1.807, 2.05) is 0 Å². The van der Waals surface area contributed by atoms with Gasteiger partial charge in [0.1, 0.15) is 0 Å². The lowest BCUT2D eigenvalue weighted by Gasteiger charge is -2.28. The Labute approximate surface area is 62.2 Å². The van der Waals surface area contributed by atoms with Gasteiger partial charge in [0.25, 0.3) is 0 Å². The summed E-state index contributed by atoms with van der Waals surface area (Å²) in [4.78, 5) is 0. The maximum atomic E-state index is 5.54. The van der Waals surface area contributed by atoms with Crippen molar-refractivity contribution in [1.29, 1.82) is 0 Å². The van der Waals surface area contributed by atoms with E-state index in [2.05, 4.69) is 5.32 Å². The lowest BCUT2D eigenvalue weighted by molar-refractivity contribution is 0.297. The molecule has 0 radical (unpaired) electrons. The summed E-state index contributed by atoms with van der Waals surface area (Å²) in [5.41, 5.74) is 11.1. The maximum absolute atomic E-state index is 5.54. The predicted octanol–water partition coefficient (Wildman–Crippen LogP) is -0.870. The van der Waals surface area contributed by atoms with Crippen molar-refractivity contribution in [2.24, 2.45) is 23.3 Å². The molecule has 0 amide bonds. The number of hydrogen-bond acceptors (Lipinski definition) is 3. The molecule has 0 aromatic carbocycles. The van der Waals surface area contributed by atoms with Crippen LogP contribution < -0.4 is 16.8 Å². The van der Waals surface area contributed by atoms with Crippen molar-refractivity contribution in [2.75, 3.05) is 26.2 Å². The minimum atomic E-state index is 0.655. The van der Waals surface area contributed by atoms with Gasteiger partial charge in [-0.15, -0.1) is 0 Å². The number of hydrogen-bond donors (Lipinski definition) is 3. The Morgan fingerprint density at radius 3 is 2.00 bits per heavy atom. The molecule has 5 N–H and O–H groups in total. The zero-order valence-corrected chi connectivity index (χ0v) is 6.34. The first kappa shape index (κ1) is 7.98. The van der Waals surface area contributed by atoms with E-state index in [0.29, 0.717) is 11.8 Å². The normalized spacial score (nSPS) is 34.2. The number of rotatable bonds is 2. The number of nitrogens with one attached hydrogen (secondary N) is 1. The van der Waals surface area contributed by atoms with Crippen LogP contribution in [0.15, 0.2) is 0 Å². The summed E-state index contributed by atoms with van der Waals surface area (Å²) >= 11 is 0. The Kier molecular flexibility index (Phi) is 3.12. The van der Waals surface area contributed by atoms with Gasteiger partial charge in [-0.05, 0) is 44.4 Å². The Morgan fingerprint density at radius 1 is 1.10 bits per heavy atom. The lowest BCUT2D eigenvalue weighted by Crippen LogP contribution is -2.41. The third kappa shape index (κ3) is 1.94. The van der Waals surface area contributed by atoms with Crippen LogP contribution in [0.1, 0.15) is 6.42 Å². The molecule has 10 heavy (non-hydrogen) atoms. The number of piperidine rings is 1. The molecule has 1 aliphatic rings. The molecule has 1 heterocycles. The molecule has 1 rings (SSSR count). The third-order valence-corrected chi connectivity index (χ3v) is 2.20. The van der Waals surface area contributed by atoms with Crippen molar-refractivity contribution in [2.45, 2.75) is 6.42 Å². The Morgan fingerprint density at radius 2 is 1.60 bits per heavy atom. The van der Waals surface area contributed by atoms with E-state index in [0.717, 1.165) is 26.2 Å². The van der Waals surface area contributed by atoms with Crippen molar-refractivity contribution in [3.63, 3.8) is 0 Å². The topological polar surface area (TPSA) is 64.1 Å². The highest BCUT2D eigenvalue weighted by Crippen LogP contribution is 2.13. The molecule has 0 aromatic heterocycles. The van der Waals surface area contributed by atoms with E-state index in [4.69, 9.17) is 11.5 Å². The molecule has 2 atom stereocenters.